The Morgan fingerprint density at radius 3 is 2.37 bits per heavy atom. The van der Waals surface area contributed by atoms with E-state index in [1.165, 1.54) is 11.3 Å². The maximum atomic E-state index is 14.2. The normalized spacial score (nSPS) is 12.9. The number of amides is 2. The quantitative estimate of drug-likeness (QED) is 0.259. The van der Waals surface area contributed by atoms with Gasteiger partial charge in [0, 0.05) is 37.4 Å². The molecule has 1 atom stereocenters. The largest absolute Gasteiger partial charge is 0.497 e. The monoisotopic (exact) mass is 547 g/mol. The Morgan fingerprint density at radius 1 is 0.902 bits per heavy atom. The first-order valence-corrected chi connectivity index (χ1v) is 14.1. The van der Waals surface area contributed by atoms with Crippen molar-refractivity contribution in [1.82, 2.24) is 5.32 Å². The molecule has 0 spiro atoms. The highest BCUT2D eigenvalue weighted by Crippen LogP contribution is 2.32. The van der Waals surface area contributed by atoms with Crippen molar-refractivity contribution in [3.63, 3.8) is 0 Å². The van der Waals surface area contributed by atoms with Crippen LogP contribution >= 0.6 is 0 Å². The van der Waals surface area contributed by atoms with Crippen LogP contribution in [0.5, 0.6) is 5.75 Å². The van der Waals surface area contributed by atoms with Crippen LogP contribution in [-0.4, -0.2) is 32.0 Å². The fourth-order valence-electron chi connectivity index (χ4n) is 5.39. The van der Waals surface area contributed by atoms with Crippen LogP contribution in [0.2, 0.25) is 0 Å². The number of hydrogen-bond donors (Lipinski definition) is 1. The maximum Gasteiger partial charge on any atom is 0.248 e. The molecule has 0 bridgehead atoms. The molecule has 5 rings (SSSR count). The Labute approximate surface area is 242 Å². The van der Waals surface area contributed by atoms with Gasteiger partial charge in [-0.05, 0) is 78.4 Å². The lowest BCUT2D eigenvalue weighted by atomic mass is 10.0. The number of ether oxygens (including phenoxy) is 1. The van der Waals surface area contributed by atoms with E-state index in [1.54, 1.807) is 12.0 Å². The summed E-state index contributed by atoms with van der Waals surface area (Å²) in [5.74, 6) is 0.347. The highest BCUT2D eigenvalue weighted by molar-refractivity contribution is 6.01. The minimum Gasteiger partial charge on any atom is -0.497 e. The van der Waals surface area contributed by atoms with Gasteiger partial charge in [0.05, 0.1) is 7.11 Å². The summed E-state index contributed by atoms with van der Waals surface area (Å²) < 4.78 is 5.37. The van der Waals surface area contributed by atoms with E-state index in [4.69, 9.17) is 4.74 Å². The molecule has 0 saturated carbocycles. The first kappa shape index (κ1) is 28.0. The molecule has 1 aliphatic rings. The molecule has 4 aromatic carbocycles. The summed E-state index contributed by atoms with van der Waals surface area (Å²) in [6.45, 7) is 5.91. The van der Waals surface area contributed by atoms with E-state index in [0.29, 0.717) is 24.5 Å². The van der Waals surface area contributed by atoms with Crippen LogP contribution in [0.1, 0.15) is 40.3 Å². The van der Waals surface area contributed by atoms with Gasteiger partial charge in [-0.3, -0.25) is 14.5 Å². The topological polar surface area (TPSA) is 61.9 Å². The average Bonchev–Trinajstić information content (AvgIpc) is 3.42. The second-order valence-corrected chi connectivity index (χ2v) is 10.5. The lowest BCUT2D eigenvalue weighted by molar-refractivity contribution is -0.126. The zero-order valence-electron chi connectivity index (χ0n) is 24.0. The highest BCUT2D eigenvalue weighted by Gasteiger charge is 2.33. The smallest absolute Gasteiger partial charge is 0.248 e. The summed E-state index contributed by atoms with van der Waals surface area (Å²) >= 11 is 0. The predicted molar refractivity (Wildman–Crippen MR) is 164 cm³/mol. The first-order valence-electron chi connectivity index (χ1n) is 14.1. The van der Waals surface area contributed by atoms with Gasteiger partial charge in [0.2, 0.25) is 11.8 Å². The lowest BCUT2D eigenvalue weighted by Crippen LogP contribution is -2.44. The van der Waals surface area contributed by atoms with Crippen LogP contribution in [0.25, 0.3) is 0 Å². The lowest BCUT2D eigenvalue weighted by Gasteiger charge is -2.33. The molecule has 1 N–H and O–H groups in total. The van der Waals surface area contributed by atoms with Gasteiger partial charge < -0.3 is 15.0 Å². The molecule has 41 heavy (non-hydrogen) atoms. The van der Waals surface area contributed by atoms with Crippen LogP contribution in [0.3, 0.4) is 0 Å². The minimum atomic E-state index is -0.856. The van der Waals surface area contributed by atoms with Crippen molar-refractivity contribution < 1.29 is 14.3 Å². The van der Waals surface area contributed by atoms with E-state index in [1.807, 2.05) is 92.7 Å². The van der Waals surface area contributed by atoms with Crippen molar-refractivity contribution in [2.75, 3.05) is 30.0 Å². The molecular formula is C35H37N3O3. The van der Waals surface area contributed by atoms with Crippen LogP contribution in [-0.2, 0) is 22.6 Å². The number of methoxy groups -OCH3 is 1. The van der Waals surface area contributed by atoms with Gasteiger partial charge in [-0.25, -0.2) is 0 Å². The summed E-state index contributed by atoms with van der Waals surface area (Å²) in [6.07, 6.45) is 1.25. The molecule has 0 saturated heterocycles. The fourth-order valence-corrected chi connectivity index (χ4v) is 5.39. The molecule has 2 amide bonds. The maximum absolute atomic E-state index is 14.2. The number of nitrogens with one attached hydrogen (secondary N) is 1. The van der Waals surface area contributed by atoms with E-state index >= 15 is 0 Å². The van der Waals surface area contributed by atoms with E-state index < -0.39 is 6.04 Å². The molecule has 1 heterocycles. The molecule has 6 heteroatoms. The number of fused-ring (bicyclic) bond motifs is 1. The van der Waals surface area contributed by atoms with Crippen molar-refractivity contribution in [1.29, 1.82) is 0 Å². The fraction of sp³-hybridized carbons (Fsp3) is 0.257. The Morgan fingerprint density at radius 2 is 1.63 bits per heavy atom. The zero-order chi connectivity index (χ0) is 28.8. The number of para-hydroxylation sites is 1. The van der Waals surface area contributed by atoms with E-state index in [0.717, 1.165) is 35.2 Å². The number of anilines is 2. The molecule has 0 unspecified atom stereocenters. The highest BCUT2D eigenvalue weighted by atomic mass is 16.5. The number of nitrogens with zero attached hydrogens (tertiary/aromatic N) is 2. The molecule has 4 aromatic rings. The van der Waals surface area contributed by atoms with Gasteiger partial charge in [-0.2, -0.15) is 0 Å². The first-order chi connectivity index (χ1) is 19.9. The third-order valence-electron chi connectivity index (χ3n) is 7.86. The van der Waals surface area contributed by atoms with Crippen molar-refractivity contribution in [3.8, 4) is 5.75 Å². The summed E-state index contributed by atoms with van der Waals surface area (Å²) in [5, 5.41) is 3.09. The number of carbonyl (C=O) groups excluding carboxylic acids is 2. The molecule has 0 aromatic heterocycles. The Kier molecular flexibility index (Phi) is 8.68. The summed E-state index contributed by atoms with van der Waals surface area (Å²) in [7, 11) is 1.61. The van der Waals surface area contributed by atoms with E-state index in [2.05, 4.69) is 28.4 Å². The van der Waals surface area contributed by atoms with Crippen molar-refractivity contribution >= 4 is 23.2 Å². The van der Waals surface area contributed by atoms with Crippen molar-refractivity contribution in [3.05, 3.63) is 125 Å². The Hall–Kier alpha value is -4.58. The number of carbonyl (C=O) groups is 2. The zero-order valence-corrected chi connectivity index (χ0v) is 24.0. The van der Waals surface area contributed by atoms with Gasteiger partial charge in [0.25, 0.3) is 0 Å². The van der Waals surface area contributed by atoms with Crippen LogP contribution in [0, 0.1) is 13.8 Å². The molecular weight excluding hydrogens is 510 g/mol. The van der Waals surface area contributed by atoms with Gasteiger partial charge >= 0.3 is 0 Å². The van der Waals surface area contributed by atoms with Crippen molar-refractivity contribution in [2.45, 2.75) is 39.3 Å². The second-order valence-electron chi connectivity index (χ2n) is 10.5. The summed E-state index contributed by atoms with van der Waals surface area (Å²) in [4.78, 5) is 32.2. The summed E-state index contributed by atoms with van der Waals surface area (Å²) in [6, 6.07) is 30.6. The van der Waals surface area contributed by atoms with Gasteiger partial charge in [0.1, 0.15) is 11.8 Å². The molecule has 6 nitrogen and oxygen atoms in total. The molecule has 0 radical (unpaired) electrons. The number of rotatable bonds is 10. The SMILES string of the molecule is COc1ccc([C@@H](C(=O)NCc2ccccc2)N(C(=O)CCN2CCc3ccccc32)c2ccc(C)c(C)c2)cc1. The Balaban J connectivity index is 1.48. The minimum absolute atomic E-state index is 0.103. The van der Waals surface area contributed by atoms with E-state index in [9.17, 15) is 9.59 Å². The van der Waals surface area contributed by atoms with Crippen LogP contribution in [0.15, 0.2) is 97.1 Å². The van der Waals surface area contributed by atoms with Crippen LogP contribution in [0.4, 0.5) is 11.4 Å². The number of hydrogen-bond acceptors (Lipinski definition) is 4. The van der Waals surface area contributed by atoms with E-state index in [-0.39, 0.29) is 18.2 Å². The second kappa shape index (κ2) is 12.7. The molecule has 0 aliphatic carbocycles. The third-order valence-corrected chi connectivity index (χ3v) is 7.86. The van der Waals surface area contributed by atoms with Crippen LogP contribution < -0.4 is 19.9 Å². The van der Waals surface area contributed by atoms with Gasteiger partial charge in [-0.1, -0.05) is 66.7 Å². The summed E-state index contributed by atoms with van der Waals surface area (Å²) in [5.41, 5.74) is 7.10. The van der Waals surface area contributed by atoms with Gasteiger partial charge in [0.15, 0.2) is 0 Å². The molecule has 210 valence electrons. The third kappa shape index (κ3) is 6.43. The molecule has 1 aliphatic heterocycles. The van der Waals surface area contributed by atoms with Crippen molar-refractivity contribution in [2.24, 2.45) is 0 Å². The standard InChI is InChI=1S/C35H37N3O3/c1-25-13-16-30(23-26(25)2)38(33(39)20-22-37-21-19-28-11-7-8-12-32(28)37)34(29-14-17-31(41-3)18-15-29)35(40)36-24-27-9-5-4-6-10-27/h4-18,23,34H,19-22,24H2,1-3H3,(H,36,40)/t34-/m0/s1. The molecule has 0 fully saturated rings. The predicted octanol–water partition coefficient (Wildman–Crippen LogP) is 6.16. The number of benzene rings is 4. The Bertz CT molecular complexity index is 1500. The van der Waals surface area contributed by atoms with Gasteiger partial charge in [-0.15, -0.1) is 0 Å². The number of aryl methyl sites for hydroxylation is 2. The average molecular weight is 548 g/mol.